The molecule has 2 rings (SSSR count). The highest BCUT2D eigenvalue weighted by atomic mass is 127. The first-order chi connectivity index (χ1) is 8.09. The van der Waals surface area contributed by atoms with Crippen LogP contribution in [-0.2, 0) is 0 Å². The second kappa shape index (κ2) is 5.09. The van der Waals surface area contributed by atoms with E-state index in [9.17, 15) is 9.18 Å². The second-order valence-electron chi connectivity index (χ2n) is 3.30. The average molecular weight is 362 g/mol. The van der Waals surface area contributed by atoms with Gasteiger partial charge in [0.25, 0.3) is 5.91 Å². The summed E-state index contributed by atoms with van der Waals surface area (Å²) in [5.41, 5.74) is 0.477. The molecule has 17 heavy (non-hydrogen) atoms. The van der Waals surface area contributed by atoms with Crippen LogP contribution in [0, 0.1) is 9.39 Å². The number of halogens is 2. The van der Waals surface area contributed by atoms with Gasteiger partial charge in [-0.1, -0.05) is 0 Å². The molecule has 2 aromatic rings. The monoisotopic (exact) mass is 362 g/mol. The van der Waals surface area contributed by atoms with Gasteiger partial charge in [-0.3, -0.25) is 9.69 Å². The Bertz CT molecular complexity index is 544. The van der Waals surface area contributed by atoms with Crippen molar-refractivity contribution in [3.8, 4) is 0 Å². The van der Waals surface area contributed by atoms with Crippen molar-refractivity contribution in [2.75, 3.05) is 11.9 Å². The molecule has 1 aromatic heterocycles. The Labute approximate surface area is 115 Å². The zero-order chi connectivity index (χ0) is 12.4. The van der Waals surface area contributed by atoms with Crippen LogP contribution in [0.2, 0.25) is 0 Å². The first-order valence-electron chi connectivity index (χ1n) is 4.72. The van der Waals surface area contributed by atoms with Crippen LogP contribution in [0.3, 0.4) is 0 Å². The minimum atomic E-state index is -0.345. The van der Waals surface area contributed by atoms with Crippen molar-refractivity contribution in [1.29, 1.82) is 0 Å². The number of thiazole rings is 1. The predicted molar refractivity (Wildman–Crippen MR) is 74.0 cm³/mol. The summed E-state index contributed by atoms with van der Waals surface area (Å²) in [6, 6.07) is 4.11. The van der Waals surface area contributed by atoms with Gasteiger partial charge in [-0.2, -0.15) is 0 Å². The van der Waals surface area contributed by atoms with Gasteiger partial charge < -0.3 is 0 Å². The quantitative estimate of drug-likeness (QED) is 0.769. The zero-order valence-corrected chi connectivity index (χ0v) is 11.8. The summed E-state index contributed by atoms with van der Waals surface area (Å²) in [6.07, 6.45) is 1.64. The van der Waals surface area contributed by atoms with Gasteiger partial charge in [0, 0.05) is 22.2 Å². The number of rotatable bonds is 2. The van der Waals surface area contributed by atoms with Gasteiger partial charge in [0.1, 0.15) is 5.82 Å². The Morgan fingerprint density at radius 1 is 1.53 bits per heavy atom. The van der Waals surface area contributed by atoms with Crippen LogP contribution in [0.1, 0.15) is 10.4 Å². The van der Waals surface area contributed by atoms with Crippen LogP contribution in [0.5, 0.6) is 0 Å². The van der Waals surface area contributed by atoms with Crippen LogP contribution in [0.15, 0.2) is 29.8 Å². The number of carbonyl (C=O) groups excluding carboxylic acids is 1. The van der Waals surface area contributed by atoms with E-state index in [-0.39, 0.29) is 11.7 Å². The lowest BCUT2D eigenvalue weighted by Gasteiger charge is -2.14. The van der Waals surface area contributed by atoms with Crippen molar-refractivity contribution in [2.45, 2.75) is 0 Å². The lowest BCUT2D eigenvalue weighted by molar-refractivity contribution is 0.0992. The van der Waals surface area contributed by atoms with Crippen LogP contribution in [0.25, 0.3) is 0 Å². The summed E-state index contributed by atoms with van der Waals surface area (Å²) in [5, 5.41) is 2.42. The number of nitrogens with zero attached hydrogens (tertiary/aromatic N) is 2. The lowest BCUT2D eigenvalue weighted by atomic mass is 10.2. The summed E-state index contributed by atoms with van der Waals surface area (Å²) < 4.78 is 13.5. The van der Waals surface area contributed by atoms with Crippen LogP contribution in [-0.4, -0.2) is 17.9 Å². The normalized spacial score (nSPS) is 10.3. The molecule has 3 nitrogen and oxygen atoms in total. The van der Waals surface area contributed by atoms with Gasteiger partial charge in [0.2, 0.25) is 0 Å². The number of hydrogen-bond acceptors (Lipinski definition) is 3. The molecule has 0 unspecified atom stereocenters. The van der Waals surface area contributed by atoms with Gasteiger partial charge in [-0.25, -0.2) is 9.37 Å². The highest BCUT2D eigenvalue weighted by Gasteiger charge is 2.17. The molecule has 0 fully saturated rings. The molecule has 0 aliphatic carbocycles. The number of amides is 1. The minimum absolute atomic E-state index is 0.190. The van der Waals surface area contributed by atoms with E-state index >= 15 is 0 Å². The van der Waals surface area contributed by atoms with E-state index in [1.54, 1.807) is 18.6 Å². The molecule has 0 bridgehead atoms. The van der Waals surface area contributed by atoms with Crippen molar-refractivity contribution in [2.24, 2.45) is 0 Å². The van der Waals surface area contributed by atoms with E-state index in [1.165, 1.54) is 34.4 Å². The second-order valence-corrected chi connectivity index (χ2v) is 5.34. The fourth-order valence-electron chi connectivity index (χ4n) is 1.31. The molecule has 0 saturated carbocycles. The molecule has 88 valence electrons. The van der Waals surface area contributed by atoms with Gasteiger partial charge in [-0.15, -0.1) is 11.3 Å². The summed E-state index contributed by atoms with van der Waals surface area (Å²) in [7, 11) is 1.65. The first-order valence-corrected chi connectivity index (χ1v) is 6.68. The van der Waals surface area contributed by atoms with Crippen molar-refractivity contribution < 1.29 is 9.18 Å². The highest BCUT2D eigenvalue weighted by molar-refractivity contribution is 14.1. The SMILES string of the molecule is CN(C(=O)c1ccc(F)cc1I)c1nccs1. The van der Waals surface area contributed by atoms with Crippen molar-refractivity contribution >= 4 is 45.0 Å². The third-order valence-electron chi connectivity index (χ3n) is 2.17. The molecule has 1 aromatic carbocycles. The molecule has 0 atom stereocenters. The maximum absolute atomic E-state index is 12.9. The number of anilines is 1. The minimum Gasteiger partial charge on any atom is -0.287 e. The van der Waals surface area contributed by atoms with Gasteiger partial charge in [-0.05, 0) is 40.8 Å². The predicted octanol–water partition coefficient (Wildman–Crippen LogP) is 3.16. The zero-order valence-electron chi connectivity index (χ0n) is 8.85. The van der Waals surface area contributed by atoms with Gasteiger partial charge in [0.15, 0.2) is 5.13 Å². The van der Waals surface area contributed by atoms with Crippen LogP contribution >= 0.6 is 33.9 Å². The molecule has 0 spiro atoms. The summed E-state index contributed by atoms with van der Waals surface area (Å²) in [5.74, 6) is -0.535. The molecule has 0 N–H and O–H groups in total. The van der Waals surface area contributed by atoms with E-state index in [0.29, 0.717) is 14.3 Å². The van der Waals surface area contributed by atoms with Crippen molar-refractivity contribution in [3.63, 3.8) is 0 Å². The smallest absolute Gasteiger partial charge is 0.260 e. The topological polar surface area (TPSA) is 33.2 Å². The molecule has 0 aliphatic heterocycles. The summed E-state index contributed by atoms with van der Waals surface area (Å²) >= 11 is 3.33. The number of carbonyl (C=O) groups is 1. The third kappa shape index (κ3) is 2.63. The molecular formula is C11H8FIN2OS. The molecular weight excluding hydrogens is 354 g/mol. The third-order valence-corrected chi connectivity index (χ3v) is 3.91. The number of aromatic nitrogens is 1. The molecule has 6 heteroatoms. The average Bonchev–Trinajstić information content (AvgIpc) is 2.80. The standard InChI is InChI=1S/C11H8FIN2OS/c1-15(11-14-4-5-17-11)10(16)8-3-2-7(12)6-9(8)13/h2-6H,1H3. The van der Waals surface area contributed by atoms with Crippen LogP contribution < -0.4 is 4.90 Å². The van der Waals surface area contributed by atoms with E-state index in [0.717, 1.165) is 0 Å². The molecule has 0 aliphatic rings. The van der Waals surface area contributed by atoms with E-state index in [1.807, 2.05) is 22.6 Å². The Balaban J connectivity index is 2.31. The number of benzene rings is 1. The lowest BCUT2D eigenvalue weighted by Crippen LogP contribution is -2.26. The fraction of sp³-hybridized carbons (Fsp3) is 0.0909. The first kappa shape index (κ1) is 12.4. The molecule has 1 amide bonds. The highest BCUT2D eigenvalue weighted by Crippen LogP contribution is 2.21. The molecule has 1 heterocycles. The van der Waals surface area contributed by atoms with Crippen molar-refractivity contribution in [3.05, 3.63) is 44.7 Å². The maximum Gasteiger partial charge on any atom is 0.260 e. The van der Waals surface area contributed by atoms with Crippen LogP contribution in [0.4, 0.5) is 9.52 Å². The van der Waals surface area contributed by atoms with E-state index in [4.69, 9.17) is 0 Å². The van der Waals surface area contributed by atoms with E-state index < -0.39 is 0 Å². The Hall–Kier alpha value is -1.02. The molecule has 0 radical (unpaired) electrons. The van der Waals surface area contributed by atoms with Gasteiger partial charge >= 0.3 is 0 Å². The van der Waals surface area contributed by atoms with Gasteiger partial charge in [0.05, 0.1) is 5.56 Å². The Kier molecular flexibility index (Phi) is 3.72. The maximum atomic E-state index is 12.9. The Morgan fingerprint density at radius 2 is 2.29 bits per heavy atom. The molecule has 0 saturated heterocycles. The van der Waals surface area contributed by atoms with Crippen molar-refractivity contribution in [1.82, 2.24) is 4.98 Å². The summed E-state index contributed by atoms with van der Waals surface area (Å²) in [6.45, 7) is 0. The Morgan fingerprint density at radius 3 is 2.88 bits per heavy atom. The van der Waals surface area contributed by atoms with E-state index in [2.05, 4.69) is 4.98 Å². The fourth-order valence-corrected chi connectivity index (χ4v) is 2.63. The summed E-state index contributed by atoms with van der Waals surface area (Å²) in [4.78, 5) is 17.7. The number of hydrogen-bond donors (Lipinski definition) is 0. The largest absolute Gasteiger partial charge is 0.287 e.